The Balaban J connectivity index is 1.79. The van der Waals surface area contributed by atoms with Crippen molar-refractivity contribution in [3.8, 4) is 0 Å². The number of carbonyl (C=O) groups excluding carboxylic acids is 1. The van der Waals surface area contributed by atoms with Crippen molar-refractivity contribution < 1.29 is 4.79 Å². The number of rotatable bonds is 3. The van der Waals surface area contributed by atoms with Gasteiger partial charge >= 0.3 is 0 Å². The number of nitrogens with zero attached hydrogens (tertiary/aromatic N) is 1. The molecule has 0 saturated heterocycles. The van der Waals surface area contributed by atoms with E-state index in [-0.39, 0.29) is 23.4 Å². The molecule has 1 amide bonds. The average molecular weight is 264 g/mol. The third kappa shape index (κ3) is 2.10. The summed E-state index contributed by atoms with van der Waals surface area (Å²) in [5, 5.41) is 0. The molecule has 4 rings (SSSR count). The summed E-state index contributed by atoms with van der Waals surface area (Å²) in [6.45, 7) is 4.12. The predicted molar refractivity (Wildman–Crippen MR) is 76.5 cm³/mol. The molecule has 1 atom stereocenters. The second-order valence-electron chi connectivity index (χ2n) is 7.80. The van der Waals surface area contributed by atoms with Crippen molar-refractivity contribution in [1.82, 2.24) is 4.90 Å². The van der Waals surface area contributed by atoms with Crippen LogP contribution >= 0.6 is 0 Å². The van der Waals surface area contributed by atoms with E-state index in [9.17, 15) is 4.79 Å². The molecule has 4 aliphatic rings. The fraction of sp³-hybridized carbons (Fsp3) is 0.938. The first kappa shape index (κ1) is 13.4. The highest BCUT2D eigenvalue weighted by Crippen LogP contribution is 2.61. The molecular weight excluding hydrogens is 236 g/mol. The number of hydrogen-bond acceptors (Lipinski definition) is 2. The van der Waals surface area contributed by atoms with Crippen LogP contribution in [0.5, 0.6) is 0 Å². The van der Waals surface area contributed by atoms with Gasteiger partial charge in [0.05, 0.1) is 6.04 Å². The van der Waals surface area contributed by atoms with Gasteiger partial charge in [-0.25, -0.2) is 0 Å². The van der Waals surface area contributed by atoms with Crippen molar-refractivity contribution in [2.75, 3.05) is 7.05 Å². The number of amides is 1. The van der Waals surface area contributed by atoms with Gasteiger partial charge < -0.3 is 10.6 Å². The second-order valence-corrected chi connectivity index (χ2v) is 7.80. The highest BCUT2D eigenvalue weighted by atomic mass is 16.2. The first-order valence-corrected chi connectivity index (χ1v) is 7.93. The molecule has 3 nitrogen and oxygen atoms in total. The van der Waals surface area contributed by atoms with Gasteiger partial charge in [-0.1, -0.05) is 0 Å². The SMILES string of the molecule is CC(C)N(C)C(=O)C(N)C12CC3CC(CC(C3)C1)C2. The lowest BCUT2D eigenvalue weighted by Crippen LogP contribution is -2.60. The maximum Gasteiger partial charge on any atom is 0.240 e. The third-order valence-electron chi connectivity index (χ3n) is 6.13. The normalized spacial score (nSPS) is 41.6. The lowest BCUT2D eigenvalue weighted by Gasteiger charge is -2.58. The van der Waals surface area contributed by atoms with Crippen LogP contribution in [0.1, 0.15) is 52.4 Å². The minimum atomic E-state index is -0.270. The van der Waals surface area contributed by atoms with Crippen LogP contribution in [0.15, 0.2) is 0 Å². The van der Waals surface area contributed by atoms with Gasteiger partial charge in [0.1, 0.15) is 0 Å². The van der Waals surface area contributed by atoms with E-state index in [1.54, 1.807) is 0 Å². The second kappa shape index (κ2) is 4.47. The molecule has 4 saturated carbocycles. The zero-order chi connectivity index (χ0) is 13.8. The van der Waals surface area contributed by atoms with Crippen molar-refractivity contribution >= 4 is 5.91 Å². The van der Waals surface area contributed by atoms with Crippen molar-refractivity contribution in [3.05, 3.63) is 0 Å². The molecule has 4 bridgehead atoms. The monoisotopic (exact) mass is 264 g/mol. The predicted octanol–water partition coefficient (Wildman–Crippen LogP) is 2.40. The van der Waals surface area contributed by atoms with Gasteiger partial charge in [0.25, 0.3) is 0 Å². The molecule has 4 fully saturated rings. The fourth-order valence-corrected chi connectivity index (χ4v) is 5.29. The van der Waals surface area contributed by atoms with Crippen LogP contribution in [-0.4, -0.2) is 29.9 Å². The molecule has 2 N–H and O–H groups in total. The van der Waals surface area contributed by atoms with E-state index in [0.717, 1.165) is 17.8 Å². The van der Waals surface area contributed by atoms with Crippen molar-refractivity contribution in [1.29, 1.82) is 0 Å². The molecule has 19 heavy (non-hydrogen) atoms. The highest BCUT2D eigenvalue weighted by molar-refractivity contribution is 5.82. The smallest absolute Gasteiger partial charge is 0.240 e. The van der Waals surface area contributed by atoms with E-state index >= 15 is 0 Å². The third-order valence-corrected chi connectivity index (χ3v) is 6.13. The first-order chi connectivity index (χ1) is 8.91. The molecule has 0 spiro atoms. The number of likely N-dealkylation sites (N-methyl/N-ethyl adjacent to an activating group) is 1. The highest BCUT2D eigenvalue weighted by Gasteiger charge is 2.55. The molecule has 1 unspecified atom stereocenters. The van der Waals surface area contributed by atoms with Crippen molar-refractivity contribution in [2.45, 2.75) is 64.5 Å². The average Bonchev–Trinajstić information content (AvgIpc) is 2.34. The molecule has 108 valence electrons. The molecule has 4 aliphatic carbocycles. The van der Waals surface area contributed by atoms with Gasteiger partial charge in [-0.15, -0.1) is 0 Å². The Kier molecular flexibility index (Phi) is 3.16. The van der Waals surface area contributed by atoms with Gasteiger partial charge in [0, 0.05) is 13.1 Å². The minimum absolute atomic E-state index is 0.134. The summed E-state index contributed by atoms with van der Waals surface area (Å²) < 4.78 is 0. The Morgan fingerprint density at radius 2 is 1.53 bits per heavy atom. The summed E-state index contributed by atoms with van der Waals surface area (Å²) >= 11 is 0. The van der Waals surface area contributed by atoms with Crippen molar-refractivity contribution in [3.63, 3.8) is 0 Å². The van der Waals surface area contributed by atoms with Gasteiger partial charge in [0.2, 0.25) is 5.91 Å². The number of hydrogen-bond donors (Lipinski definition) is 1. The molecule has 0 aliphatic heterocycles. The summed E-state index contributed by atoms with van der Waals surface area (Å²) in [6.07, 6.45) is 7.83. The van der Waals surface area contributed by atoms with Crippen LogP contribution in [0, 0.1) is 23.2 Å². The topological polar surface area (TPSA) is 46.3 Å². The Hall–Kier alpha value is -0.570. The lowest BCUT2D eigenvalue weighted by atomic mass is 9.47. The molecule has 0 aromatic heterocycles. The van der Waals surface area contributed by atoms with E-state index in [2.05, 4.69) is 13.8 Å². The Labute approximate surface area is 116 Å². The van der Waals surface area contributed by atoms with Crippen LogP contribution in [0.2, 0.25) is 0 Å². The minimum Gasteiger partial charge on any atom is -0.342 e. The van der Waals surface area contributed by atoms with E-state index < -0.39 is 0 Å². The Morgan fingerprint density at radius 1 is 1.11 bits per heavy atom. The zero-order valence-electron chi connectivity index (χ0n) is 12.6. The maximum atomic E-state index is 12.6. The van der Waals surface area contributed by atoms with Crippen LogP contribution < -0.4 is 5.73 Å². The van der Waals surface area contributed by atoms with Gasteiger partial charge in [-0.05, 0) is 75.5 Å². The maximum absolute atomic E-state index is 12.6. The fourth-order valence-electron chi connectivity index (χ4n) is 5.29. The van der Waals surface area contributed by atoms with Gasteiger partial charge in [-0.2, -0.15) is 0 Å². The Morgan fingerprint density at radius 3 is 1.89 bits per heavy atom. The van der Waals surface area contributed by atoms with Gasteiger partial charge in [-0.3, -0.25) is 4.79 Å². The quantitative estimate of drug-likeness (QED) is 0.851. The Bertz CT molecular complexity index is 342. The van der Waals surface area contributed by atoms with Gasteiger partial charge in [0.15, 0.2) is 0 Å². The van der Waals surface area contributed by atoms with E-state index in [1.165, 1.54) is 38.5 Å². The van der Waals surface area contributed by atoms with Crippen LogP contribution in [0.25, 0.3) is 0 Å². The zero-order valence-corrected chi connectivity index (χ0v) is 12.6. The summed E-state index contributed by atoms with van der Waals surface area (Å²) in [5.41, 5.74) is 6.60. The van der Waals surface area contributed by atoms with E-state index in [4.69, 9.17) is 5.73 Å². The number of nitrogens with two attached hydrogens (primary N) is 1. The van der Waals surface area contributed by atoms with Crippen LogP contribution in [-0.2, 0) is 4.79 Å². The van der Waals surface area contributed by atoms with Crippen LogP contribution in [0.3, 0.4) is 0 Å². The molecular formula is C16H28N2O. The molecule has 0 heterocycles. The molecule has 0 aromatic rings. The number of carbonyl (C=O) groups is 1. The van der Waals surface area contributed by atoms with E-state index in [0.29, 0.717) is 0 Å². The largest absolute Gasteiger partial charge is 0.342 e. The lowest BCUT2D eigenvalue weighted by molar-refractivity contribution is -0.143. The molecule has 0 radical (unpaired) electrons. The summed E-state index contributed by atoms with van der Waals surface area (Å²) in [6, 6.07) is -0.0271. The van der Waals surface area contributed by atoms with E-state index in [1.807, 2.05) is 11.9 Å². The standard InChI is InChI=1S/C16H28N2O/c1-10(2)18(3)15(19)14(17)16-7-11-4-12(8-16)6-13(5-11)9-16/h10-14H,4-9,17H2,1-3H3. The summed E-state index contributed by atoms with van der Waals surface area (Å²) in [4.78, 5) is 14.4. The summed E-state index contributed by atoms with van der Waals surface area (Å²) in [7, 11) is 1.90. The first-order valence-electron chi connectivity index (χ1n) is 7.93. The van der Waals surface area contributed by atoms with Crippen molar-refractivity contribution in [2.24, 2.45) is 28.9 Å². The summed E-state index contributed by atoms with van der Waals surface area (Å²) in [5.74, 6) is 2.73. The van der Waals surface area contributed by atoms with Crippen LogP contribution in [0.4, 0.5) is 0 Å². The molecule has 3 heteroatoms. The molecule has 0 aromatic carbocycles.